The maximum absolute atomic E-state index is 9.74. The van der Waals surface area contributed by atoms with E-state index in [0.717, 1.165) is 6.42 Å². The van der Waals surface area contributed by atoms with Crippen LogP contribution in [0.25, 0.3) is 0 Å². The number of benzene rings is 4. The largest absolute Gasteiger partial charge is 0.507 e. The Kier molecular flexibility index (Phi) is 122. The van der Waals surface area contributed by atoms with Crippen LogP contribution in [0.15, 0.2) is 121 Å². The molecule has 0 heterocycles. The normalized spacial score (nSPS) is 6.58. The van der Waals surface area contributed by atoms with Crippen LogP contribution >= 0.6 is 0 Å². The molecule has 301 valence electrons. The first-order valence-electron chi connectivity index (χ1n) is 15.9. The van der Waals surface area contributed by atoms with Crippen LogP contribution < -0.4 is 0 Å². The Balaban J connectivity index is -0.0000000426. The zero-order chi connectivity index (χ0) is 37.4. The average molecular weight is 806 g/mol. The number of rotatable bonds is 2. The number of carbonyl (C=O) groups excluding carboxylic acids is 2. The molecule has 0 aromatic heterocycles. The molecule has 0 spiro atoms. The molecule has 0 saturated heterocycles. The van der Waals surface area contributed by atoms with E-state index in [1.54, 1.807) is 14.2 Å². The Labute approximate surface area is 350 Å². The Morgan fingerprint density at radius 3 is 0.788 bits per heavy atom. The summed E-state index contributed by atoms with van der Waals surface area (Å²) in [4.78, 5) is 19.3. The first-order chi connectivity index (χ1) is 22.9. The van der Waals surface area contributed by atoms with E-state index < -0.39 is 6.16 Å². The number of esters is 1. The van der Waals surface area contributed by atoms with Crippen molar-refractivity contribution < 1.29 is 61.2 Å². The van der Waals surface area contributed by atoms with Gasteiger partial charge < -0.3 is 18.9 Å². The van der Waals surface area contributed by atoms with Gasteiger partial charge in [-0.1, -0.05) is 146 Å². The zero-order valence-electron chi connectivity index (χ0n) is 32.3. The third-order valence-electron chi connectivity index (χ3n) is 3.93. The first-order valence-corrected chi connectivity index (χ1v) is 15.9. The second-order valence-electron chi connectivity index (χ2n) is 7.06. The van der Waals surface area contributed by atoms with Crippen LogP contribution in [0, 0.1) is 12.1 Å². The van der Waals surface area contributed by atoms with Gasteiger partial charge in [-0.3, -0.25) is 4.79 Å². The number of ether oxygens (including phenoxy) is 4. The van der Waals surface area contributed by atoms with Crippen molar-refractivity contribution in [2.24, 2.45) is 0 Å². The monoisotopic (exact) mass is 806 g/mol. The van der Waals surface area contributed by atoms with Gasteiger partial charge in [-0.15, -0.1) is 0 Å². The molecule has 4 aromatic rings. The van der Waals surface area contributed by atoms with Crippen molar-refractivity contribution in [3.05, 3.63) is 145 Å². The number of hydrogen-bond donors (Lipinski definition) is 0. The summed E-state index contributed by atoms with van der Waals surface area (Å²) in [6.07, 6.45) is 0.372. The van der Waals surface area contributed by atoms with Gasteiger partial charge in [-0.2, -0.15) is 72.8 Å². The second-order valence-corrected chi connectivity index (χ2v) is 7.06. The maximum atomic E-state index is 9.74. The van der Waals surface area contributed by atoms with Gasteiger partial charge in [0.25, 0.3) is 0 Å². The summed E-state index contributed by atoms with van der Waals surface area (Å²) >= 11 is 0. The molecule has 0 atom stereocenters. The van der Waals surface area contributed by atoms with Crippen molar-refractivity contribution in [3.63, 3.8) is 0 Å². The maximum Gasteiger partial charge on any atom is 0.507 e. The smallest absolute Gasteiger partial charge is 0.469 e. The molecule has 1 radical (unpaired) electrons. The Hall–Kier alpha value is -3.32. The van der Waals surface area contributed by atoms with Crippen LogP contribution in [0.3, 0.4) is 0 Å². The van der Waals surface area contributed by atoms with Crippen molar-refractivity contribution >= 4 is 12.1 Å². The van der Waals surface area contributed by atoms with E-state index >= 15 is 0 Å². The Bertz CT molecular complexity index is 892. The van der Waals surface area contributed by atoms with Crippen molar-refractivity contribution in [1.82, 2.24) is 0 Å². The molecule has 0 fully saturated rings. The fraction of sp³-hybridized carbons (Fsp3) is 0.422. The summed E-state index contributed by atoms with van der Waals surface area (Å²) in [5, 5.41) is 0. The summed E-state index contributed by atoms with van der Waals surface area (Å²) < 4.78 is 16.4. The minimum Gasteiger partial charge on any atom is -0.469 e. The molecule has 0 unspecified atom stereocenters. The van der Waals surface area contributed by atoms with Crippen LogP contribution in [0.2, 0.25) is 0 Å². The predicted molar refractivity (Wildman–Crippen MR) is 229 cm³/mol. The molecule has 0 aliphatic rings. The van der Waals surface area contributed by atoms with Gasteiger partial charge in [0.15, 0.2) is 0 Å². The molecule has 0 aliphatic carbocycles. The predicted octanol–water partition coefficient (Wildman–Crippen LogP) is 13.7. The molecule has 0 amide bonds. The summed E-state index contributed by atoms with van der Waals surface area (Å²) in [6.45, 7) is 17.4. The summed E-state index contributed by atoms with van der Waals surface area (Å²) in [5.41, 5.74) is 2.74. The zero-order valence-corrected chi connectivity index (χ0v) is 35.1. The van der Waals surface area contributed by atoms with E-state index in [1.165, 1.54) is 39.4 Å². The van der Waals surface area contributed by atoms with Crippen LogP contribution in [0.4, 0.5) is 4.79 Å². The van der Waals surface area contributed by atoms with E-state index in [1.807, 2.05) is 116 Å². The number of carbonyl (C=O) groups is 2. The minimum absolute atomic E-state index is 0. The van der Waals surface area contributed by atoms with E-state index in [0.29, 0.717) is 0 Å². The third-order valence-corrected chi connectivity index (χ3v) is 3.93. The van der Waals surface area contributed by atoms with Crippen molar-refractivity contribution in [2.45, 2.75) is 98.4 Å². The molecule has 0 N–H and O–H groups in total. The topological polar surface area (TPSA) is 71.1 Å². The standard InChI is InChI=1S/C13H12.2C6H5.C3H6O3.C3H6O2.C2H6O.4C2H6.4CH4.Y/c1-3-7-12(8-4-1)11-13-9-5-2-6-10-13;2*1-2-4-6-5-3-1;1-5-3(4)6-2;1-3(4)5-2;1-3-2;4*1-2;;;;;/h1-10H,11H2;2*1-5H;1-2H3;1-2H3;1-2H3;4*1-2H3;4*1H4;/q;2*-1;;;;;;;;;;;;. The Morgan fingerprint density at radius 2 is 0.673 bits per heavy atom. The molecule has 4 aromatic carbocycles. The van der Waals surface area contributed by atoms with Crippen LogP contribution in [-0.2, 0) is 62.9 Å². The fourth-order valence-electron chi connectivity index (χ4n) is 2.19. The molecule has 0 bridgehead atoms. The van der Waals surface area contributed by atoms with E-state index in [-0.39, 0.29) is 68.4 Å². The Morgan fingerprint density at radius 1 is 0.462 bits per heavy atom. The molecule has 0 saturated carbocycles. The molecular weight excluding hydrogens is 725 g/mol. The number of methoxy groups -OCH3 is 4. The molecule has 7 heteroatoms. The third kappa shape index (κ3) is 81.0. The second kappa shape index (κ2) is 81.6. The fourth-order valence-corrected chi connectivity index (χ4v) is 2.19. The van der Waals surface area contributed by atoms with E-state index in [4.69, 9.17) is 0 Å². The summed E-state index contributed by atoms with van der Waals surface area (Å²) in [7, 11) is 7.11. The SMILES string of the molecule is C.C.C.C.CC.CC.CC.CC.COC.COC(=O)OC.COC(C)=O.[Y].[c-]1ccccc1.[c-]1ccccc1.c1ccc(Cc2ccccc2)cc1. The van der Waals surface area contributed by atoms with Gasteiger partial charge in [-0.25, -0.2) is 4.79 Å². The van der Waals surface area contributed by atoms with Crippen LogP contribution in [0.1, 0.15) is 103 Å². The van der Waals surface area contributed by atoms with E-state index in [9.17, 15) is 9.59 Å². The van der Waals surface area contributed by atoms with Crippen molar-refractivity contribution in [3.8, 4) is 0 Å². The van der Waals surface area contributed by atoms with Gasteiger partial charge in [0.1, 0.15) is 0 Å². The quantitative estimate of drug-likeness (QED) is 0.148. The van der Waals surface area contributed by atoms with Gasteiger partial charge >= 0.3 is 12.1 Å². The summed E-state index contributed by atoms with van der Waals surface area (Å²) in [5.74, 6) is -0.245. The van der Waals surface area contributed by atoms with Crippen LogP contribution in [0.5, 0.6) is 0 Å². The minimum atomic E-state index is -0.657. The molecule has 52 heavy (non-hydrogen) atoms. The van der Waals surface area contributed by atoms with Gasteiger partial charge in [0.05, 0.1) is 21.3 Å². The van der Waals surface area contributed by atoms with E-state index in [2.05, 4.69) is 91.7 Å². The first kappa shape index (κ1) is 78.0. The van der Waals surface area contributed by atoms with Gasteiger partial charge in [-0.05, 0) is 17.5 Å². The van der Waals surface area contributed by atoms with Gasteiger partial charge in [0, 0.05) is 53.9 Å². The van der Waals surface area contributed by atoms with Crippen molar-refractivity contribution in [1.29, 1.82) is 0 Å². The van der Waals surface area contributed by atoms with Gasteiger partial charge in [0.2, 0.25) is 0 Å². The molecule has 6 nitrogen and oxygen atoms in total. The van der Waals surface area contributed by atoms with Crippen molar-refractivity contribution in [2.75, 3.05) is 35.5 Å². The number of hydrogen-bond acceptors (Lipinski definition) is 6. The average Bonchev–Trinajstić information content (AvgIpc) is 3.18. The molecular formula is C45H80O6Y-2. The summed E-state index contributed by atoms with van der Waals surface area (Å²) in [6, 6.07) is 46.1. The van der Waals surface area contributed by atoms with Crippen LogP contribution in [-0.4, -0.2) is 47.7 Å². The molecule has 0 aliphatic heterocycles. The molecule has 4 rings (SSSR count).